The molecule has 84 valence electrons. The maximum atomic E-state index is 11.7. The van der Waals surface area contributed by atoms with Crippen LogP contribution in [0.5, 0.6) is 0 Å². The molecule has 2 rings (SSSR count). The van der Waals surface area contributed by atoms with Crippen molar-refractivity contribution in [3.63, 3.8) is 0 Å². The fraction of sp³-hybridized carbons (Fsp3) is 0.250. The van der Waals surface area contributed by atoms with Crippen LogP contribution in [0, 0.1) is 0 Å². The van der Waals surface area contributed by atoms with Crippen LogP contribution >= 0.6 is 27.5 Å². The van der Waals surface area contributed by atoms with Crippen LogP contribution in [-0.4, -0.2) is 4.98 Å². The zero-order valence-electron chi connectivity index (χ0n) is 8.81. The van der Waals surface area contributed by atoms with Gasteiger partial charge in [0.25, 0.3) is 5.56 Å². The fourth-order valence-electron chi connectivity index (χ4n) is 1.69. The molecule has 2 nitrogen and oxygen atoms in total. The normalized spacial score (nSPS) is 10.9. The standard InChI is InChI=1S/C12H11BrClNO/c1-2-7-5-8-3-4-9(6-13)10(14)11(8)15-12(7)16/h3-5H,2,6H2,1H3,(H,15,16). The van der Waals surface area contributed by atoms with Crippen molar-refractivity contribution in [1.82, 2.24) is 4.98 Å². The molecule has 0 bridgehead atoms. The van der Waals surface area contributed by atoms with E-state index in [1.54, 1.807) is 0 Å². The minimum atomic E-state index is -0.0522. The zero-order valence-corrected chi connectivity index (χ0v) is 11.2. The molecule has 0 unspecified atom stereocenters. The Kier molecular flexibility index (Phi) is 3.36. The van der Waals surface area contributed by atoms with Crippen molar-refractivity contribution in [2.75, 3.05) is 0 Å². The molecule has 0 spiro atoms. The maximum Gasteiger partial charge on any atom is 0.251 e. The number of pyridine rings is 1. The van der Waals surface area contributed by atoms with Gasteiger partial charge >= 0.3 is 0 Å². The summed E-state index contributed by atoms with van der Waals surface area (Å²) in [6.45, 7) is 1.96. The van der Waals surface area contributed by atoms with Crippen LogP contribution < -0.4 is 5.56 Å². The molecule has 0 fully saturated rings. The number of aromatic nitrogens is 1. The number of H-pyrrole nitrogens is 1. The summed E-state index contributed by atoms with van der Waals surface area (Å²) < 4.78 is 0. The summed E-state index contributed by atoms with van der Waals surface area (Å²) >= 11 is 9.57. The van der Waals surface area contributed by atoms with Gasteiger partial charge in [-0.15, -0.1) is 0 Å². The molecule has 0 radical (unpaired) electrons. The third-order valence-electron chi connectivity index (χ3n) is 2.64. The molecule has 4 heteroatoms. The molecular weight excluding hydrogens is 289 g/mol. The van der Waals surface area contributed by atoms with E-state index in [2.05, 4.69) is 20.9 Å². The molecular formula is C12H11BrClNO. The van der Waals surface area contributed by atoms with Crippen molar-refractivity contribution in [1.29, 1.82) is 0 Å². The van der Waals surface area contributed by atoms with Gasteiger partial charge in [-0.05, 0) is 18.1 Å². The van der Waals surface area contributed by atoms with Crippen molar-refractivity contribution >= 4 is 38.4 Å². The van der Waals surface area contributed by atoms with Crippen molar-refractivity contribution in [2.45, 2.75) is 18.7 Å². The molecule has 1 heterocycles. The van der Waals surface area contributed by atoms with Crippen molar-refractivity contribution in [3.05, 3.63) is 44.7 Å². The first kappa shape index (κ1) is 11.7. The number of hydrogen-bond donors (Lipinski definition) is 1. The highest BCUT2D eigenvalue weighted by atomic mass is 79.9. The van der Waals surface area contributed by atoms with Gasteiger partial charge < -0.3 is 4.98 Å². The predicted molar refractivity (Wildman–Crippen MR) is 71.6 cm³/mol. The molecule has 0 atom stereocenters. The highest BCUT2D eigenvalue weighted by molar-refractivity contribution is 9.08. The number of aryl methyl sites for hydroxylation is 1. The van der Waals surface area contributed by atoms with Gasteiger partial charge in [-0.25, -0.2) is 0 Å². The Balaban J connectivity index is 2.81. The molecule has 0 saturated heterocycles. The number of halogens is 2. The Hall–Kier alpha value is -0.800. The molecule has 0 saturated carbocycles. The highest BCUT2D eigenvalue weighted by Crippen LogP contribution is 2.26. The maximum absolute atomic E-state index is 11.7. The zero-order chi connectivity index (χ0) is 11.7. The lowest BCUT2D eigenvalue weighted by atomic mass is 10.1. The van der Waals surface area contributed by atoms with Crippen LogP contribution in [0.1, 0.15) is 18.1 Å². The van der Waals surface area contributed by atoms with Gasteiger partial charge in [0.15, 0.2) is 0 Å². The van der Waals surface area contributed by atoms with Crippen molar-refractivity contribution in [3.8, 4) is 0 Å². The molecule has 16 heavy (non-hydrogen) atoms. The minimum absolute atomic E-state index is 0.0522. The third-order valence-corrected chi connectivity index (χ3v) is 3.67. The summed E-state index contributed by atoms with van der Waals surface area (Å²) in [6, 6.07) is 5.85. The predicted octanol–water partition coefficient (Wildman–Crippen LogP) is 3.64. The van der Waals surface area contributed by atoms with E-state index >= 15 is 0 Å². The van der Waals surface area contributed by atoms with E-state index in [0.717, 1.165) is 28.5 Å². The molecule has 0 aliphatic carbocycles. The Morgan fingerprint density at radius 3 is 2.75 bits per heavy atom. The number of aromatic amines is 1. The molecule has 0 amide bonds. The summed E-state index contributed by atoms with van der Waals surface area (Å²) in [4.78, 5) is 14.5. The first-order valence-corrected chi connectivity index (χ1v) is 6.56. The highest BCUT2D eigenvalue weighted by Gasteiger charge is 2.07. The summed E-state index contributed by atoms with van der Waals surface area (Å²) in [7, 11) is 0. The first-order chi connectivity index (χ1) is 7.67. The number of nitrogens with one attached hydrogen (secondary N) is 1. The Morgan fingerprint density at radius 2 is 2.12 bits per heavy atom. The van der Waals surface area contributed by atoms with E-state index in [1.807, 2.05) is 25.1 Å². The van der Waals surface area contributed by atoms with Gasteiger partial charge in [-0.3, -0.25) is 4.79 Å². The second-order valence-electron chi connectivity index (χ2n) is 3.61. The molecule has 2 aromatic rings. The van der Waals surface area contributed by atoms with Crippen LogP contribution in [0.2, 0.25) is 5.02 Å². The lowest BCUT2D eigenvalue weighted by molar-refractivity contribution is 1.08. The van der Waals surface area contributed by atoms with E-state index in [0.29, 0.717) is 10.4 Å². The quantitative estimate of drug-likeness (QED) is 0.844. The van der Waals surface area contributed by atoms with E-state index in [1.165, 1.54) is 0 Å². The molecule has 0 aliphatic heterocycles. The van der Waals surface area contributed by atoms with E-state index in [9.17, 15) is 4.79 Å². The van der Waals surface area contributed by atoms with Crippen molar-refractivity contribution < 1.29 is 0 Å². The minimum Gasteiger partial charge on any atom is -0.320 e. The van der Waals surface area contributed by atoms with Gasteiger partial charge in [-0.2, -0.15) is 0 Å². The lowest BCUT2D eigenvalue weighted by Crippen LogP contribution is -2.11. The van der Waals surface area contributed by atoms with Crippen LogP contribution in [-0.2, 0) is 11.8 Å². The average Bonchev–Trinajstić information content (AvgIpc) is 2.30. The summed E-state index contributed by atoms with van der Waals surface area (Å²) in [5, 5.41) is 2.28. The Bertz CT molecular complexity index is 591. The van der Waals surface area contributed by atoms with E-state index < -0.39 is 0 Å². The smallest absolute Gasteiger partial charge is 0.251 e. The van der Waals surface area contributed by atoms with E-state index in [4.69, 9.17) is 11.6 Å². The number of hydrogen-bond acceptors (Lipinski definition) is 1. The molecule has 1 aromatic carbocycles. The lowest BCUT2D eigenvalue weighted by Gasteiger charge is -2.06. The van der Waals surface area contributed by atoms with Crippen LogP contribution in [0.25, 0.3) is 10.9 Å². The Labute approximate surface area is 107 Å². The van der Waals surface area contributed by atoms with Gasteiger partial charge in [0.1, 0.15) is 0 Å². The van der Waals surface area contributed by atoms with Crippen LogP contribution in [0.15, 0.2) is 23.0 Å². The van der Waals surface area contributed by atoms with Crippen LogP contribution in [0.4, 0.5) is 0 Å². The second-order valence-corrected chi connectivity index (χ2v) is 4.55. The second kappa shape index (κ2) is 4.60. The largest absolute Gasteiger partial charge is 0.320 e. The van der Waals surface area contributed by atoms with Gasteiger partial charge in [0.2, 0.25) is 0 Å². The van der Waals surface area contributed by atoms with Crippen LogP contribution in [0.3, 0.4) is 0 Å². The van der Waals surface area contributed by atoms with E-state index in [-0.39, 0.29) is 5.56 Å². The van der Waals surface area contributed by atoms with Gasteiger partial charge in [-0.1, -0.05) is 46.6 Å². The summed E-state index contributed by atoms with van der Waals surface area (Å²) in [5.41, 5.74) is 2.44. The van der Waals surface area contributed by atoms with Gasteiger partial charge in [0.05, 0.1) is 10.5 Å². The number of benzene rings is 1. The topological polar surface area (TPSA) is 32.9 Å². The molecule has 1 N–H and O–H groups in total. The fourth-order valence-corrected chi connectivity index (χ4v) is 2.61. The number of rotatable bonds is 2. The molecule has 1 aromatic heterocycles. The summed E-state index contributed by atoms with van der Waals surface area (Å²) in [6.07, 6.45) is 0.725. The number of alkyl halides is 1. The molecule has 0 aliphatic rings. The number of fused-ring (bicyclic) bond motifs is 1. The SMILES string of the molecule is CCc1cc2ccc(CBr)c(Cl)c2[nH]c1=O. The monoisotopic (exact) mass is 299 g/mol. The average molecular weight is 301 g/mol. The first-order valence-electron chi connectivity index (χ1n) is 5.06. The van der Waals surface area contributed by atoms with Crippen molar-refractivity contribution in [2.24, 2.45) is 0 Å². The summed E-state index contributed by atoms with van der Waals surface area (Å²) in [5.74, 6) is 0. The van der Waals surface area contributed by atoms with Gasteiger partial charge in [0, 0.05) is 16.3 Å². The Morgan fingerprint density at radius 1 is 1.38 bits per heavy atom. The third kappa shape index (κ3) is 1.89.